The normalized spacial score (nSPS) is 26.1. The number of hydrogen-bond acceptors (Lipinski definition) is 6. The van der Waals surface area contributed by atoms with Crippen molar-refractivity contribution in [3.8, 4) is 0 Å². The molecule has 0 aromatic carbocycles. The van der Waals surface area contributed by atoms with E-state index in [4.69, 9.17) is 14.5 Å². The molecule has 2 aliphatic rings. The summed E-state index contributed by atoms with van der Waals surface area (Å²) in [7, 11) is 3.68. The molecule has 1 N–H and O–H groups in total. The van der Waals surface area contributed by atoms with Crippen LogP contribution in [-0.4, -0.2) is 44.4 Å². The zero-order valence-corrected chi connectivity index (χ0v) is 12.3. The van der Waals surface area contributed by atoms with Crippen LogP contribution in [0.5, 0.6) is 0 Å². The molecule has 1 aromatic rings. The Labute approximate surface area is 117 Å². The van der Waals surface area contributed by atoms with Crippen LogP contribution in [0.1, 0.15) is 23.4 Å². The molecule has 1 aromatic heterocycles. The molecule has 2 aliphatic heterocycles. The molecule has 0 aliphatic carbocycles. The third-order valence-corrected chi connectivity index (χ3v) is 4.86. The van der Waals surface area contributed by atoms with Gasteiger partial charge >= 0.3 is 0 Å². The minimum Gasteiger partial charge on any atom is -0.378 e. The molecular formula is C13H21N3O2S. The number of thiazole rings is 1. The summed E-state index contributed by atoms with van der Waals surface area (Å²) in [5.74, 6) is 0. The van der Waals surface area contributed by atoms with Crippen LogP contribution >= 0.6 is 11.3 Å². The lowest BCUT2D eigenvalue weighted by atomic mass is 10.2. The minimum absolute atomic E-state index is 0.404. The van der Waals surface area contributed by atoms with Gasteiger partial charge in [-0.25, -0.2) is 4.98 Å². The highest BCUT2D eigenvalue weighted by Crippen LogP contribution is 2.33. The van der Waals surface area contributed by atoms with Crippen LogP contribution < -0.4 is 10.2 Å². The van der Waals surface area contributed by atoms with E-state index in [9.17, 15) is 0 Å². The van der Waals surface area contributed by atoms with Crippen molar-refractivity contribution >= 4 is 16.5 Å². The fourth-order valence-corrected chi connectivity index (χ4v) is 3.92. The molecule has 0 saturated carbocycles. The van der Waals surface area contributed by atoms with E-state index in [0.717, 1.165) is 30.5 Å². The molecule has 0 radical (unpaired) electrons. The number of nitrogens with one attached hydrogen (secondary N) is 1. The molecular weight excluding hydrogens is 262 g/mol. The Morgan fingerprint density at radius 2 is 2.16 bits per heavy atom. The Bertz CT molecular complexity index is 402. The molecule has 2 bridgehead atoms. The fourth-order valence-electron chi connectivity index (χ4n) is 2.82. The average molecular weight is 283 g/mol. The summed E-state index contributed by atoms with van der Waals surface area (Å²) < 4.78 is 11.1. The van der Waals surface area contributed by atoms with Crippen LogP contribution in [0.25, 0.3) is 0 Å². The third-order valence-electron chi connectivity index (χ3n) is 3.70. The summed E-state index contributed by atoms with van der Waals surface area (Å²) in [6.07, 6.45) is 3.20. The molecule has 2 saturated heterocycles. The molecule has 3 heterocycles. The predicted molar refractivity (Wildman–Crippen MR) is 75.7 cm³/mol. The predicted octanol–water partition coefficient (Wildman–Crippen LogP) is 1.38. The Hall–Kier alpha value is -0.690. The van der Waals surface area contributed by atoms with Gasteiger partial charge in [-0.15, -0.1) is 11.3 Å². The maximum atomic E-state index is 5.88. The van der Waals surface area contributed by atoms with Gasteiger partial charge in [0.05, 0.1) is 24.5 Å². The van der Waals surface area contributed by atoms with Crippen LogP contribution in [0.15, 0.2) is 0 Å². The minimum atomic E-state index is 0.404. The van der Waals surface area contributed by atoms with Crippen molar-refractivity contribution in [1.82, 2.24) is 10.3 Å². The van der Waals surface area contributed by atoms with E-state index < -0.39 is 0 Å². The number of aromatic nitrogens is 1. The molecule has 3 rings (SSSR count). The lowest BCUT2D eigenvalue weighted by Gasteiger charge is -2.31. The Balaban J connectivity index is 1.78. The zero-order valence-electron chi connectivity index (χ0n) is 11.5. The molecule has 2 atom stereocenters. The first-order valence-corrected chi connectivity index (χ1v) is 7.64. The highest BCUT2D eigenvalue weighted by Gasteiger charge is 2.35. The Morgan fingerprint density at radius 3 is 2.79 bits per heavy atom. The lowest BCUT2D eigenvalue weighted by Crippen LogP contribution is -2.42. The van der Waals surface area contributed by atoms with Gasteiger partial charge in [0, 0.05) is 31.6 Å². The molecule has 2 unspecified atom stereocenters. The fraction of sp³-hybridized carbons (Fsp3) is 0.769. The monoisotopic (exact) mass is 283 g/mol. The highest BCUT2D eigenvalue weighted by molar-refractivity contribution is 7.15. The van der Waals surface area contributed by atoms with Gasteiger partial charge in [-0.2, -0.15) is 0 Å². The number of rotatable bonds is 5. The first-order valence-electron chi connectivity index (χ1n) is 6.82. The van der Waals surface area contributed by atoms with E-state index in [1.165, 1.54) is 17.7 Å². The number of hydrogen-bond donors (Lipinski definition) is 1. The van der Waals surface area contributed by atoms with E-state index in [-0.39, 0.29) is 0 Å². The number of anilines is 1. The number of morpholine rings is 1. The van der Waals surface area contributed by atoms with Crippen LogP contribution in [0.3, 0.4) is 0 Å². The lowest BCUT2D eigenvalue weighted by molar-refractivity contribution is 0.0304. The molecule has 5 nitrogen and oxygen atoms in total. The largest absolute Gasteiger partial charge is 0.378 e. The molecule has 6 heteroatoms. The van der Waals surface area contributed by atoms with E-state index in [0.29, 0.717) is 18.8 Å². The quantitative estimate of drug-likeness (QED) is 0.884. The third kappa shape index (κ3) is 2.76. The SMILES string of the molecule is CNCc1sc(N2CC3CCC(C2)O3)nc1COC. The van der Waals surface area contributed by atoms with Gasteiger partial charge in [-0.3, -0.25) is 0 Å². The standard InChI is InChI=1S/C13H21N3O2S/c1-14-5-12-11(8-17-2)15-13(19-12)16-6-9-3-4-10(7-16)18-9/h9-10,14H,3-8H2,1-2H3. The topological polar surface area (TPSA) is 46.6 Å². The van der Waals surface area contributed by atoms with Crippen molar-refractivity contribution in [2.45, 2.75) is 38.2 Å². The van der Waals surface area contributed by atoms with Crippen molar-refractivity contribution in [2.24, 2.45) is 0 Å². The molecule has 19 heavy (non-hydrogen) atoms. The second-order valence-electron chi connectivity index (χ2n) is 5.19. The molecule has 2 fully saturated rings. The van der Waals surface area contributed by atoms with E-state index in [1.807, 2.05) is 7.05 Å². The van der Waals surface area contributed by atoms with E-state index in [1.54, 1.807) is 18.4 Å². The van der Waals surface area contributed by atoms with Gasteiger partial charge < -0.3 is 19.7 Å². The maximum absolute atomic E-state index is 5.88. The Morgan fingerprint density at radius 1 is 1.42 bits per heavy atom. The van der Waals surface area contributed by atoms with Crippen LogP contribution in [0.2, 0.25) is 0 Å². The average Bonchev–Trinajstić information content (AvgIpc) is 2.95. The van der Waals surface area contributed by atoms with E-state index in [2.05, 4.69) is 10.2 Å². The van der Waals surface area contributed by atoms with Crippen molar-refractivity contribution < 1.29 is 9.47 Å². The van der Waals surface area contributed by atoms with Crippen LogP contribution in [0.4, 0.5) is 5.13 Å². The van der Waals surface area contributed by atoms with Crippen molar-refractivity contribution in [2.75, 3.05) is 32.1 Å². The second-order valence-corrected chi connectivity index (χ2v) is 6.25. The van der Waals surface area contributed by atoms with Crippen LogP contribution in [-0.2, 0) is 22.6 Å². The summed E-state index contributed by atoms with van der Waals surface area (Å²) in [6, 6.07) is 0. The van der Waals surface area contributed by atoms with Gasteiger partial charge in [0.15, 0.2) is 5.13 Å². The summed E-state index contributed by atoms with van der Waals surface area (Å²) in [6.45, 7) is 3.41. The van der Waals surface area contributed by atoms with Crippen molar-refractivity contribution in [3.63, 3.8) is 0 Å². The molecule has 0 spiro atoms. The number of methoxy groups -OCH3 is 1. The highest BCUT2D eigenvalue weighted by atomic mass is 32.1. The smallest absolute Gasteiger partial charge is 0.186 e. The summed E-state index contributed by atoms with van der Waals surface area (Å²) >= 11 is 1.78. The number of fused-ring (bicyclic) bond motifs is 2. The second kappa shape index (κ2) is 5.75. The van der Waals surface area contributed by atoms with Gasteiger partial charge in [-0.1, -0.05) is 0 Å². The summed E-state index contributed by atoms with van der Waals surface area (Å²) in [4.78, 5) is 8.42. The zero-order chi connectivity index (χ0) is 13.2. The molecule has 0 amide bonds. The number of nitrogens with zero attached hydrogens (tertiary/aromatic N) is 2. The van der Waals surface area contributed by atoms with Gasteiger partial charge in [0.2, 0.25) is 0 Å². The molecule has 106 valence electrons. The first kappa shape index (κ1) is 13.3. The maximum Gasteiger partial charge on any atom is 0.186 e. The van der Waals surface area contributed by atoms with E-state index >= 15 is 0 Å². The van der Waals surface area contributed by atoms with Gasteiger partial charge in [0.1, 0.15) is 0 Å². The first-order chi connectivity index (χ1) is 9.30. The van der Waals surface area contributed by atoms with Crippen molar-refractivity contribution in [1.29, 1.82) is 0 Å². The summed E-state index contributed by atoms with van der Waals surface area (Å²) in [5.41, 5.74) is 1.07. The number of ether oxygens (including phenoxy) is 2. The summed E-state index contributed by atoms with van der Waals surface area (Å²) in [5, 5.41) is 4.32. The van der Waals surface area contributed by atoms with Crippen LogP contribution in [0, 0.1) is 0 Å². The van der Waals surface area contributed by atoms with Crippen molar-refractivity contribution in [3.05, 3.63) is 10.6 Å². The van der Waals surface area contributed by atoms with Gasteiger partial charge in [0.25, 0.3) is 0 Å². The Kier molecular flexibility index (Phi) is 4.02. The van der Waals surface area contributed by atoms with Gasteiger partial charge in [-0.05, 0) is 19.9 Å².